The van der Waals surface area contributed by atoms with Gasteiger partial charge in [-0.25, -0.2) is 4.98 Å². The molecule has 0 unspecified atom stereocenters. The van der Waals surface area contributed by atoms with E-state index in [2.05, 4.69) is 39.2 Å². The highest BCUT2D eigenvalue weighted by atomic mass is 15.3. The summed E-state index contributed by atoms with van der Waals surface area (Å²) in [5, 5.41) is 12.0. The number of nitrogens with one attached hydrogen (secondary N) is 1. The highest BCUT2D eigenvalue weighted by molar-refractivity contribution is 5.30. The second kappa shape index (κ2) is 6.97. The highest BCUT2D eigenvalue weighted by Crippen LogP contribution is 2.20. The van der Waals surface area contributed by atoms with Gasteiger partial charge in [0.15, 0.2) is 0 Å². The van der Waals surface area contributed by atoms with Crippen LogP contribution in [0, 0.1) is 25.7 Å². The van der Waals surface area contributed by atoms with Crippen LogP contribution in [-0.4, -0.2) is 41.4 Å². The third-order valence-corrected chi connectivity index (χ3v) is 3.96. The SMILES string of the molecule is Cc1nnc(N2CCC(CNCC(C)C)CC2)nc1C. The Morgan fingerprint density at radius 3 is 2.45 bits per heavy atom. The predicted octanol–water partition coefficient (Wildman–Crippen LogP) is 1.95. The second-order valence-electron chi connectivity index (χ2n) is 6.27. The molecule has 1 fully saturated rings. The normalized spacial score (nSPS) is 16.9. The van der Waals surface area contributed by atoms with Gasteiger partial charge in [0, 0.05) is 13.1 Å². The van der Waals surface area contributed by atoms with Crippen LogP contribution < -0.4 is 10.2 Å². The first kappa shape index (κ1) is 15.2. The maximum atomic E-state index is 4.54. The molecule has 2 rings (SSSR count). The molecule has 112 valence electrons. The summed E-state index contributed by atoms with van der Waals surface area (Å²) in [6, 6.07) is 0. The fourth-order valence-electron chi connectivity index (χ4n) is 2.49. The van der Waals surface area contributed by atoms with Crippen LogP contribution in [0.5, 0.6) is 0 Å². The zero-order chi connectivity index (χ0) is 14.5. The van der Waals surface area contributed by atoms with Crippen molar-refractivity contribution in [2.45, 2.75) is 40.5 Å². The molecule has 0 bridgehead atoms. The van der Waals surface area contributed by atoms with Crippen molar-refractivity contribution in [2.24, 2.45) is 11.8 Å². The lowest BCUT2D eigenvalue weighted by molar-refractivity contribution is 0.371. The molecule has 20 heavy (non-hydrogen) atoms. The monoisotopic (exact) mass is 277 g/mol. The van der Waals surface area contributed by atoms with Crippen LogP contribution in [0.3, 0.4) is 0 Å². The molecule has 0 spiro atoms. The minimum atomic E-state index is 0.727. The molecule has 0 radical (unpaired) electrons. The van der Waals surface area contributed by atoms with Crippen molar-refractivity contribution in [3.8, 4) is 0 Å². The zero-order valence-electron chi connectivity index (χ0n) is 13.2. The number of nitrogens with zero attached hydrogens (tertiary/aromatic N) is 4. The molecule has 0 atom stereocenters. The smallest absolute Gasteiger partial charge is 0.245 e. The van der Waals surface area contributed by atoms with E-state index in [1.807, 2.05) is 13.8 Å². The summed E-state index contributed by atoms with van der Waals surface area (Å²) in [7, 11) is 0. The van der Waals surface area contributed by atoms with Gasteiger partial charge in [-0.2, -0.15) is 5.10 Å². The predicted molar refractivity (Wildman–Crippen MR) is 81.9 cm³/mol. The molecule has 1 N–H and O–H groups in total. The van der Waals surface area contributed by atoms with Crippen LogP contribution in [-0.2, 0) is 0 Å². The lowest BCUT2D eigenvalue weighted by atomic mass is 9.97. The van der Waals surface area contributed by atoms with Gasteiger partial charge in [0.25, 0.3) is 0 Å². The number of hydrogen-bond donors (Lipinski definition) is 1. The molecule has 1 aliphatic heterocycles. The third kappa shape index (κ3) is 4.13. The summed E-state index contributed by atoms with van der Waals surface area (Å²) in [6.45, 7) is 12.8. The first-order valence-electron chi connectivity index (χ1n) is 7.70. The topological polar surface area (TPSA) is 53.9 Å². The maximum Gasteiger partial charge on any atom is 0.245 e. The largest absolute Gasteiger partial charge is 0.340 e. The van der Waals surface area contributed by atoms with Gasteiger partial charge in [0.1, 0.15) is 0 Å². The molecule has 0 saturated carbocycles. The van der Waals surface area contributed by atoms with Crippen molar-refractivity contribution in [3.63, 3.8) is 0 Å². The Morgan fingerprint density at radius 2 is 1.85 bits per heavy atom. The number of piperidine rings is 1. The Kier molecular flexibility index (Phi) is 5.29. The van der Waals surface area contributed by atoms with Crippen LogP contribution in [0.25, 0.3) is 0 Å². The number of aryl methyl sites for hydroxylation is 2. The van der Waals surface area contributed by atoms with E-state index in [1.165, 1.54) is 12.8 Å². The van der Waals surface area contributed by atoms with Crippen molar-refractivity contribution in [3.05, 3.63) is 11.4 Å². The van der Waals surface area contributed by atoms with E-state index in [0.717, 1.165) is 55.4 Å². The molecule has 0 amide bonds. The van der Waals surface area contributed by atoms with E-state index < -0.39 is 0 Å². The highest BCUT2D eigenvalue weighted by Gasteiger charge is 2.21. The molecule has 5 nitrogen and oxygen atoms in total. The van der Waals surface area contributed by atoms with Gasteiger partial charge in [-0.3, -0.25) is 0 Å². The molecular weight excluding hydrogens is 250 g/mol. The molecule has 1 aromatic rings. The van der Waals surface area contributed by atoms with E-state index in [4.69, 9.17) is 0 Å². The molecule has 0 aliphatic carbocycles. The summed E-state index contributed by atoms with van der Waals surface area (Å²) < 4.78 is 0. The van der Waals surface area contributed by atoms with Crippen molar-refractivity contribution in [2.75, 3.05) is 31.1 Å². The van der Waals surface area contributed by atoms with Crippen LogP contribution >= 0.6 is 0 Å². The Hall–Kier alpha value is -1.23. The first-order chi connectivity index (χ1) is 9.56. The molecule has 1 aromatic heterocycles. The van der Waals surface area contributed by atoms with Crippen LogP contribution in [0.2, 0.25) is 0 Å². The third-order valence-electron chi connectivity index (χ3n) is 3.96. The Labute approximate surface area is 122 Å². The van der Waals surface area contributed by atoms with Gasteiger partial charge < -0.3 is 10.2 Å². The van der Waals surface area contributed by atoms with Crippen LogP contribution in [0.1, 0.15) is 38.1 Å². The fourth-order valence-corrected chi connectivity index (χ4v) is 2.49. The maximum absolute atomic E-state index is 4.54. The van der Waals surface area contributed by atoms with Crippen molar-refractivity contribution < 1.29 is 0 Å². The average Bonchev–Trinajstić information content (AvgIpc) is 2.42. The van der Waals surface area contributed by atoms with E-state index in [1.54, 1.807) is 0 Å². The number of hydrogen-bond acceptors (Lipinski definition) is 5. The Balaban J connectivity index is 1.80. The summed E-state index contributed by atoms with van der Waals surface area (Å²) in [4.78, 5) is 6.81. The van der Waals surface area contributed by atoms with Gasteiger partial charge in [-0.1, -0.05) is 13.8 Å². The number of rotatable bonds is 5. The van der Waals surface area contributed by atoms with Crippen LogP contribution in [0.4, 0.5) is 5.95 Å². The summed E-state index contributed by atoms with van der Waals surface area (Å²) in [5.74, 6) is 2.30. The lowest BCUT2D eigenvalue weighted by Crippen LogP contribution is -2.39. The average molecular weight is 277 g/mol. The molecule has 5 heteroatoms. The molecule has 1 saturated heterocycles. The molecule has 2 heterocycles. The van der Waals surface area contributed by atoms with E-state index in [-0.39, 0.29) is 0 Å². The Bertz CT molecular complexity index is 424. The molecular formula is C15H27N5. The number of anilines is 1. The van der Waals surface area contributed by atoms with Crippen LogP contribution in [0.15, 0.2) is 0 Å². The molecule has 1 aliphatic rings. The van der Waals surface area contributed by atoms with Gasteiger partial charge in [-0.05, 0) is 51.6 Å². The van der Waals surface area contributed by atoms with Crippen molar-refractivity contribution in [1.82, 2.24) is 20.5 Å². The van der Waals surface area contributed by atoms with Crippen molar-refractivity contribution >= 4 is 5.95 Å². The zero-order valence-corrected chi connectivity index (χ0v) is 13.2. The standard InChI is InChI=1S/C15H27N5/c1-11(2)9-16-10-14-5-7-20(8-6-14)15-17-12(3)13(4)18-19-15/h11,14,16H,5-10H2,1-4H3. The van der Waals surface area contributed by atoms with E-state index in [9.17, 15) is 0 Å². The van der Waals surface area contributed by atoms with Gasteiger partial charge in [0.2, 0.25) is 5.95 Å². The minimum Gasteiger partial charge on any atom is -0.340 e. The summed E-state index contributed by atoms with van der Waals surface area (Å²) in [5.41, 5.74) is 1.90. The summed E-state index contributed by atoms with van der Waals surface area (Å²) in [6.07, 6.45) is 2.42. The number of aromatic nitrogens is 3. The fraction of sp³-hybridized carbons (Fsp3) is 0.800. The van der Waals surface area contributed by atoms with E-state index in [0.29, 0.717) is 0 Å². The van der Waals surface area contributed by atoms with Crippen molar-refractivity contribution in [1.29, 1.82) is 0 Å². The lowest BCUT2D eigenvalue weighted by Gasteiger charge is -2.32. The summed E-state index contributed by atoms with van der Waals surface area (Å²) >= 11 is 0. The molecule has 0 aromatic carbocycles. The quantitative estimate of drug-likeness (QED) is 0.891. The Morgan fingerprint density at radius 1 is 1.15 bits per heavy atom. The second-order valence-corrected chi connectivity index (χ2v) is 6.27. The van der Waals surface area contributed by atoms with Gasteiger partial charge >= 0.3 is 0 Å². The minimum absolute atomic E-state index is 0.727. The first-order valence-corrected chi connectivity index (χ1v) is 7.70. The van der Waals surface area contributed by atoms with Gasteiger partial charge in [-0.15, -0.1) is 5.10 Å². The van der Waals surface area contributed by atoms with Gasteiger partial charge in [0.05, 0.1) is 11.4 Å². The van der Waals surface area contributed by atoms with E-state index >= 15 is 0 Å².